The molecule has 3 rings (SSSR count). The standard InChI is InChI=1S/C19H20N2O5/c1-13(22)15-11-16(20-12-15)19(24)26-17(14-5-3-2-4-6-14)18(23)21-7-9-25-10-8-21/h2-6,11-12,17,20H,7-10H2,1H3/t17-/m1/s1. The summed E-state index contributed by atoms with van der Waals surface area (Å²) in [6.07, 6.45) is 0.395. The largest absolute Gasteiger partial charge is 0.443 e. The van der Waals surface area contributed by atoms with Gasteiger partial charge in [-0.25, -0.2) is 4.79 Å². The number of rotatable bonds is 5. The summed E-state index contributed by atoms with van der Waals surface area (Å²) in [7, 11) is 0. The lowest BCUT2D eigenvalue weighted by atomic mass is 10.1. The Morgan fingerprint density at radius 3 is 2.46 bits per heavy atom. The molecule has 1 aromatic heterocycles. The van der Waals surface area contributed by atoms with Crippen LogP contribution in [0.3, 0.4) is 0 Å². The minimum absolute atomic E-state index is 0.130. The molecule has 0 unspecified atom stereocenters. The molecule has 0 saturated carbocycles. The summed E-state index contributed by atoms with van der Waals surface area (Å²) in [5.41, 5.74) is 1.11. The van der Waals surface area contributed by atoms with Gasteiger partial charge in [0.05, 0.1) is 13.2 Å². The zero-order chi connectivity index (χ0) is 18.5. The summed E-state index contributed by atoms with van der Waals surface area (Å²) >= 11 is 0. The Balaban J connectivity index is 1.82. The van der Waals surface area contributed by atoms with Crippen molar-refractivity contribution < 1.29 is 23.9 Å². The highest BCUT2D eigenvalue weighted by Crippen LogP contribution is 2.22. The molecule has 1 N–H and O–H groups in total. The molecule has 1 fully saturated rings. The van der Waals surface area contributed by atoms with Crippen molar-refractivity contribution >= 4 is 17.7 Å². The van der Waals surface area contributed by atoms with Gasteiger partial charge in [-0.15, -0.1) is 0 Å². The molecular formula is C19H20N2O5. The van der Waals surface area contributed by atoms with Gasteiger partial charge in [0.1, 0.15) is 5.69 Å². The first-order chi connectivity index (χ1) is 12.6. The average molecular weight is 356 g/mol. The number of ether oxygens (including phenoxy) is 2. The SMILES string of the molecule is CC(=O)c1c[nH]c(C(=O)O[C@@H](C(=O)N2CCOCC2)c2ccccc2)c1. The van der Waals surface area contributed by atoms with Crippen molar-refractivity contribution in [2.45, 2.75) is 13.0 Å². The number of nitrogens with one attached hydrogen (secondary N) is 1. The van der Waals surface area contributed by atoms with E-state index in [-0.39, 0.29) is 17.4 Å². The lowest BCUT2D eigenvalue weighted by molar-refractivity contribution is -0.145. The Kier molecular flexibility index (Phi) is 5.48. The first-order valence-corrected chi connectivity index (χ1v) is 8.38. The zero-order valence-electron chi connectivity index (χ0n) is 14.4. The normalized spacial score (nSPS) is 15.3. The lowest BCUT2D eigenvalue weighted by Gasteiger charge is -2.30. The molecule has 1 aliphatic rings. The summed E-state index contributed by atoms with van der Waals surface area (Å²) in [5.74, 6) is -1.14. The maximum Gasteiger partial charge on any atom is 0.355 e. The van der Waals surface area contributed by atoms with E-state index >= 15 is 0 Å². The monoisotopic (exact) mass is 356 g/mol. The number of Topliss-reactive ketones (excluding diaryl/α,β-unsaturated/α-hetero) is 1. The highest BCUT2D eigenvalue weighted by Gasteiger charge is 2.31. The fourth-order valence-electron chi connectivity index (χ4n) is 2.72. The van der Waals surface area contributed by atoms with E-state index < -0.39 is 12.1 Å². The highest BCUT2D eigenvalue weighted by atomic mass is 16.5. The van der Waals surface area contributed by atoms with Gasteiger partial charge < -0.3 is 19.4 Å². The van der Waals surface area contributed by atoms with Crippen LogP contribution in [0, 0.1) is 0 Å². The Hall–Kier alpha value is -2.93. The number of aromatic nitrogens is 1. The topological polar surface area (TPSA) is 88.7 Å². The van der Waals surface area contributed by atoms with Gasteiger partial charge in [-0.2, -0.15) is 0 Å². The molecule has 7 nitrogen and oxygen atoms in total. The molecular weight excluding hydrogens is 336 g/mol. The van der Waals surface area contributed by atoms with Gasteiger partial charge in [-0.05, 0) is 13.0 Å². The number of carbonyl (C=O) groups is 3. The Morgan fingerprint density at radius 1 is 1.15 bits per heavy atom. The average Bonchev–Trinajstić information content (AvgIpc) is 3.17. The van der Waals surface area contributed by atoms with Crippen LogP contribution in [-0.2, 0) is 14.3 Å². The van der Waals surface area contributed by atoms with E-state index in [2.05, 4.69) is 4.98 Å². The third-order valence-electron chi connectivity index (χ3n) is 4.18. The predicted octanol–water partition coefficient (Wildman–Crippen LogP) is 1.97. The van der Waals surface area contributed by atoms with Crippen LogP contribution in [0.25, 0.3) is 0 Å². The summed E-state index contributed by atoms with van der Waals surface area (Å²) in [5, 5.41) is 0. The zero-order valence-corrected chi connectivity index (χ0v) is 14.4. The first kappa shape index (κ1) is 17.9. The van der Waals surface area contributed by atoms with Gasteiger partial charge in [0.25, 0.3) is 5.91 Å². The van der Waals surface area contributed by atoms with Crippen molar-refractivity contribution in [3.05, 3.63) is 59.4 Å². The van der Waals surface area contributed by atoms with Crippen molar-refractivity contribution in [1.29, 1.82) is 0 Å². The molecule has 0 spiro atoms. The van der Waals surface area contributed by atoms with Gasteiger partial charge in [0.15, 0.2) is 5.78 Å². The van der Waals surface area contributed by atoms with Crippen molar-refractivity contribution in [3.63, 3.8) is 0 Å². The van der Waals surface area contributed by atoms with Crippen molar-refractivity contribution in [3.8, 4) is 0 Å². The number of aromatic amines is 1. The second-order valence-corrected chi connectivity index (χ2v) is 5.99. The maximum atomic E-state index is 12.9. The second-order valence-electron chi connectivity index (χ2n) is 5.99. The minimum Gasteiger partial charge on any atom is -0.443 e. The minimum atomic E-state index is -1.05. The van der Waals surface area contributed by atoms with E-state index in [0.29, 0.717) is 37.4 Å². The fraction of sp³-hybridized carbons (Fsp3) is 0.316. The van der Waals surface area contributed by atoms with Crippen molar-refractivity contribution in [2.75, 3.05) is 26.3 Å². The molecule has 7 heteroatoms. The molecule has 0 radical (unpaired) electrons. The molecule has 1 aromatic carbocycles. The summed E-state index contributed by atoms with van der Waals surface area (Å²) in [4.78, 5) is 41.1. The van der Waals surface area contributed by atoms with Crippen molar-refractivity contribution in [2.24, 2.45) is 0 Å². The fourth-order valence-corrected chi connectivity index (χ4v) is 2.72. The van der Waals surface area contributed by atoms with Crippen LogP contribution in [0.15, 0.2) is 42.6 Å². The van der Waals surface area contributed by atoms with E-state index in [9.17, 15) is 14.4 Å². The van der Waals surface area contributed by atoms with E-state index in [1.54, 1.807) is 29.2 Å². The summed E-state index contributed by atoms with van der Waals surface area (Å²) in [6.45, 7) is 3.24. The molecule has 26 heavy (non-hydrogen) atoms. The third-order valence-corrected chi connectivity index (χ3v) is 4.18. The maximum absolute atomic E-state index is 12.9. The van der Waals surface area contributed by atoms with Gasteiger partial charge in [0.2, 0.25) is 6.10 Å². The Bertz CT molecular complexity index is 793. The number of hydrogen-bond donors (Lipinski definition) is 1. The number of esters is 1. The highest BCUT2D eigenvalue weighted by molar-refractivity contribution is 5.98. The van der Waals surface area contributed by atoms with Gasteiger partial charge in [0, 0.05) is 30.4 Å². The smallest absolute Gasteiger partial charge is 0.355 e. The number of carbonyl (C=O) groups excluding carboxylic acids is 3. The number of hydrogen-bond acceptors (Lipinski definition) is 5. The van der Waals surface area contributed by atoms with Gasteiger partial charge >= 0.3 is 5.97 Å². The van der Waals surface area contributed by atoms with Gasteiger partial charge in [-0.1, -0.05) is 30.3 Å². The molecule has 1 aliphatic heterocycles. The van der Waals surface area contributed by atoms with Crippen LogP contribution in [0.2, 0.25) is 0 Å². The van der Waals surface area contributed by atoms with Crippen LogP contribution < -0.4 is 0 Å². The van der Waals surface area contributed by atoms with Crippen LogP contribution in [0.5, 0.6) is 0 Å². The summed E-state index contributed by atoms with van der Waals surface area (Å²) < 4.78 is 10.8. The van der Waals surface area contributed by atoms with Crippen LogP contribution in [-0.4, -0.2) is 53.8 Å². The molecule has 0 aliphatic carbocycles. The van der Waals surface area contributed by atoms with Crippen LogP contribution in [0.1, 0.15) is 39.4 Å². The molecule has 2 aromatic rings. The molecule has 1 atom stereocenters. The number of morpholine rings is 1. The molecule has 1 amide bonds. The van der Waals surface area contributed by atoms with E-state index in [0.717, 1.165) is 0 Å². The van der Waals surface area contributed by atoms with Crippen molar-refractivity contribution in [1.82, 2.24) is 9.88 Å². The molecule has 1 saturated heterocycles. The molecule has 0 bridgehead atoms. The lowest BCUT2D eigenvalue weighted by Crippen LogP contribution is -2.44. The first-order valence-electron chi connectivity index (χ1n) is 8.38. The van der Waals surface area contributed by atoms with E-state index in [4.69, 9.17) is 9.47 Å². The second kappa shape index (κ2) is 7.97. The van der Waals surface area contributed by atoms with Gasteiger partial charge in [-0.3, -0.25) is 9.59 Å². The number of ketones is 1. The Morgan fingerprint density at radius 2 is 1.85 bits per heavy atom. The quantitative estimate of drug-likeness (QED) is 0.654. The predicted molar refractivity (Wildman–Crippen MR) is 92.8 cm³/mol. The molecule has 2 heterocycles. The van der Waals surface area contributed by atoms with E-state index in [1.807, 2.05) is 6.07 Å². The van der Waals surface area contributed by atoms with Crippen LogP contribution >= 0.6 is 0 Å². The molecule has 136 valence electrons. The van der Waals surface area contributed by atoms with Crippen LogP contribution in [0.4, 0.5) is 0 Å². The number of H-pyrrole nitrogens is 1. The third kappa shape index (κ3) is 4.00. The van der Waals surface area contributed by atoms with E-state index in [1.165, 1.54) is 19.2 Å². The Labute approximate surface area is 150 Å². The number of benzene rings is 1. The number of nitrogens with zero attached hydrogens (tertiary/aromatic N) is 1. The number of amides is 1. The summed E-state index contributed by atoms with van der Waals surface area (Å²) in [6, 6.07) is 10.3.